The Morgan fingerprint density at radius 1 is 1.13 bits per heavy atom. The summed E-state index contributed by atoms with van der Waals surface area (Å²) in [6, 6.07) is 0. The standard InChI is InChI=1S/C11H20BClO2/c1-10(2)11(3,4)15-12(14-10)8-6-5-7-9-13/h6,8H,5,7,9H2,1-4H3/b8-6+. The minimum absolute atomic E-state index is 0.217. The molecule has 15 heavy (non-hydrogen) atoms. The minimum atomic E-state index is -0.242. The lowest BCUT2D eigenvalue weighted by Gasteiger charge is -2.32. The quantitative estimate of drug-likeness (QED) is 0.419. The molecule has 1 fully saturated rings. The van der Waals surface area contributed by atoms with E-state index in [1.165, 1.54) is 0 Å². The van der Waals surface area contributed by atoms with Gasteiger partial charge < -0.3 is 9.31 Å². The number of rotatable bonds is 4. The number of halogens is 1. The first-order valence-corrected chi connectivity index (χ1v) is 6.01. The highest BCUT2D eigenvalue weighted by Gasteiger charge is 2.49. The van der Waals surface area contributed by atoms with Gasteiger partial charge in [-0.05, 0) is 40.5 Å². The predicted molar refractivity (Wildman–Crippen MR) is 65.2 cm³/mol. The third-order valence-corrected chi connectivity index (χ3v) is 3.34. The van der Waals surface area contributed by atoms with E-state index in [-0.39, 0.29) is 18.3 Å². The number of hydrogen-bond acceptors (Lipinski definition) is 2. The van der Waals surface area contributed by atoms with Crippen LogP contribution in [0.1, 0.15) is 40.5 Å². The van der Waals surface area contributed by atoms with E-state index in [9.17, 15) is 0 Å². The summed E-state index contributed by atoms with van der Waals surface area (Å²) in [4.78, 5) is 0. The van der Waals surface area contributed by atoms with Crippen LogP contribution in [-0.4, -0.2) is 24.2 Å². The van der Waals surface area contributed by atoms with Crippen LogP contribution in [0.15, 0.2) is 12.1 Å². The second-order valence-corrected chi connectivity index (χ2v) is 5.26. The van der Waals surface area contributed by atoms with Gasteiger partial charge in [0.25, 0.3) is 0 Å². The van der Waals surface area contributed by atoms with Gasteiger partial charge >= 0.3 is 7.12 Å². The zero-order valence-electron chi connectivity index (χ0n) is 10.0. The molecule has 0 N–H and O–H groups in total. The molecular weight excluding hydrogens is 210 g/mol. The molecule has 0 bridgehead atoms. The maximum Gasteiger partial charge on any atom is 0.486 e. The van der Waals surface area contributed by atoms with Crippen molar-refractivity contribution in [2.75, 3.05) is 5.88 Å². The third-order valence-electron chi connectivity index (χ3n) is 3.07. The molecule has 0 amide bonds. The van der Waals surface area contributed by atoms with E-state index in [0.29, 0.717) is 5.88 Å². The molecule has 1 rings (SSSR count). The Labute approximate surface area is 98.1 Å². The van der Waals surface area contributed by atoms with E-state index in [1.807, 2.05) is 5.98 Å². The van der Waals surface area contributed by atoms with Gasteiger partial charge in [-0.2, -0.15) is 0 Å². The Bertz CT molecular complexity index is 223. The van der Waals surface area contributed by atoms with Crippen molar-refractivity contribution in [1.29, 1.82) is 0 Å². The third kappa shape index (κ3) is 3.23. The van der Waals surface area contributed by atoms with Gasteiger partial charge in [0.15, 0.2) is 0 Å². The zero-order valence-corrected chi connectivity index (χ0v) is 10.8. The van der Waals surface area contributed by atoms with Gasteiger partial charge in [-0.3, -0.25) is 0 Å². The average molecular weight is 231 g/mol. The first-order valence-electron chi connectivity index (χ1n) is 5.47. The maximum absolute atomic E-state index is 5.80. The van der Waals surface area contributed by atoms with Crippen LogP contribution in [0.2, 0.25) is 0 Å². The average Bonchev–Trinajstić information content (AvgIpc) is 2.30. The molecule has 0 spiro atoms. The van der Waals surface area contributed by atoms with Crippen molar-refractivity contribution in [3.05, 3.63) is 12.1 Å². The van der Waals surface area contributed by atoms with E-state index in [0.717, 1.165) is 12.8 Å². The fourth-order valence-electron chi connectivity index (χ4n) is 1.37. The van der Waals surface area contributed by atoms with Crippen molar-refractivity contribution in [3.8, 4) is 0 Å². The lowest BCUT2D eigenvalue weighted by molar-refractivity contribution is 0.00578. The van der Waals surface area contributed by atoms with Crippen molar-refractivity contribution in [2.24, 2.45) is 0 Å². The predicted octanol–water partition coefficient (Wildman–Crippen LogP) is 3.19. The number of unbranched alkanes of at least 4 members (excludes halogenated alkanes) is 1. The molecule has 0 saturated carbocycles. The van der Waals surface area contributed by atoms with Crippen molar-refractivity contribution in [2.45, 2.75) is 51.7 Å². The van der Waals surface area contributed by atoms with E-state index in [4.69, 9.17) is 20.9 Å². The number of alkyl halides is 1. The van der Waals surface area contributed by atoms with E-state index >= 15 is 0 Å². The molecule has 0 aliphatic carbocycles. The molecule has 1 saturated heterocycles. The molecule has 0 atom stereocenters. The molecule has 0 aromatic carbocycles. The molecule has 2 nitrogen and oxygen atoms in total. The van der Waals surface area contributed by atoms with E-state index < -0.39 is 0 Å². The Kier molecular flexibility index (Phi) is 4.27. The summed E-state index contributed by atoms with van der Waals surface area (Å²) < 4.78 is 11.6. The molecule has 4 heteroatoms. The Morgan fingerprint density at radius 3 is 2.13 bits per heavy atom. The summed E-state index contributed by atoms with van der Waals surface area (Å²) in [5.74, 6) is 2.68. The summed E-state index contributed by atoms with van der Waals surface area (Å²) in [7, 11) is -0.217. The van der Waals surface area contributed by atoms with Gasteiger partial charge in [-0.1, -0.05) is 12.1 Å². The van der Waals surface area contributed by atoms with E-state index in [2.05, 4.69) is 33.8 Å². The molecule has 1 aliphatic rings. The van der Waals surface area contributed by atoms with Crippen molar-refractivity contribution >= 4 is 18.7 Å². The molecule has 0 unspecified atom stereocenters. The van der Waals surface area contributed by atoms with Crippen LogP contribution >= 0.6 is 11.6 Å². The SMILES string of the molecule is CC1(C)OB(/C=C/CCCCl)OC1(C)C. The van der Waals surface area contributed by atoms with Gasteiger partial charge in [0.05, 0.1) is 11.2 Å². The Hall–Kier alpha value is 0.0149. The largest absolute Gasteiger partial charge is 0.486 e. The Morgan fingerprint density at radius 2 is 1.67 bits per heavy atom. The van der Waals surface area contributed by atoms with Crippen molar-refractivity contribution in [3.63, 3.8) is 0 Å². The molecule has 0 aromatic rings. The molecule has 0 radical (unpaired) electrons. The van der Waals surface area contributed by atoms with Gasteiger partial charge in [0, 0.05) is 5.88 Å². The normalized spacial score (nSPS) is 23.9. The van der Waals surface area contributed by atoms with Crippen LogP contribution in [0.25, 0.3) is 0 Å². The van der Waals surface area contributed by atoms with Gasteiger partial charge in [0.1, 0.15) is 0 Å². The fraction of sp³-hybridized carbons (Fsp3) is 0.818. The summed E-state index contributed by atoms with van der Waals surface area (Å²) >= 11 is 5.59. The van der Waals surface area contributed by atoms with Crippen LogP contribution in [0, 0.1) is 0 Å². The van der Waals surface area contributed by atoms with Gasteiger partial charge in [-0.25, -0.2) is 0 Å². The van der Waals surface area contributed by atoms with Crippen molar-refractivity contribution < 1.29 is 9.31 Å². The molecule has 1 heterocycles. The smallest absolute Gasteiger partial charge is 0.400 e. The number of allylic oxidation sites excluding steroid dienone is 1. The van der Waals surface area contributed by atoms with Gasteiger partial charge in [0.2, 0.25) is 0 Å². The topological polar surface area (TPSA) is 18.5 Å². The molecular formula is C11H20BClO2. The lowest BCUT2D eigenvalue weighted by atomic mass is 9.89. The van der Waals surface area contributed by atoms with Crippen LogP contribution in [0.5, 0.6) is 0 Å². The molecule has 1 aliphatic heterocycles. The highest BCUT2D eigenvalue weighted by Crippen LogP contribution is 2.36. The summed E-state index contributed by atoms with van der Waals surface area (Å²) in [5.41, 5.74) is -0.483. The minimum Gasteiger partial charge on any atom is -0.400 e. The monoisotopic (exact) mass is 230 g/mol. The Balaban J connectivity index is 2.45. The first-order chi connectivity index (χ1) is 6.89. The van der Waals surface area contributed by atoms with Crippen LogP contribution in [0.4, 0.5) is 0 Å². The van der Waals surface area contributed by atoms with E-state index in [1.54, 1.807) is 0 Å². The number of hydrogen-bond donors (Lipinski definition) is 0. The summed E-state index contributed by atoms with van der Waals surface area (Å²) in [6.45, 7) is 8.22. The summed E-state index contributed by atoms with van der Waals surface area (Å²) in [6.07, 6.45) is 4.05. The molecule has 86 valence electrons. The highest BCUT2D eigenvalue weighted by molar-refractivity contribution is 6.51. The lowest BCUT2D eigenvalue weighted by Crippen LogP contribution is -2.41. The fourth-order valence-corrected chi connectivity index (χ4v) is 1.52. The first kappa shape index (κ1) is 13.1. The second-order valence-electron chi connectivity index (χ2n) is 4.88. The van der Waals surface area contributed by atoms with Crippen LogP contribution < -0.4 is 0 Å². The maximum atomic E-state index is 5.80. The molecule has 0 aromatic heterocycles. The van der Waals surface area contributed by atoms with Crippen LogP contribution in [0.3, 0.4) is 0 Å². The van der Waals surface area contributed by atoms with Gasteiger partial charge in [-0.15, -0.1) is 11.6 Å². The summed E-state index contributed by atoms with van der Waals surface area (Å²) in [5, 5.41) is 0. The van der Waals surface area contributed by atoms with Crippen LogP contribution in [-0.2, 0) is 9.31 Å². The van der Waals surface area contributed by atoms with Crippen molar-refractivity contribution in [1.82, 2.24) is 0 Å². The zero-order chi connectivity index (χ0) is 11.5. The highest BCUT2D eigenvalue weighted by atomic mass is 35.5. The second kappa shape index (κ2) is 4.90.